The van der Waals surface area contributed by atoms with Crippen molar-refractivity contribution in [1.29, 1.82) is 0 Å². The molecule has 0 N–H and O–H groups in total. The summed E-state index contributed by atoms with van der Waals surface area (Å²) in [4.78, 5) is 5.56. The number of aryl methyl sites for hydroxylation is 1. The molecule has 2 aromatic carbocycles. The summed E-state index contributed by atoms with van der Waals surface area (Å²) in [5.41, 5.74) is 4.52. The first-order valence-electron chi connectivity index (χ1n) is 6.78. The highest BCUT2D eigenvalue weighted by molar-refractivity contribution is 7.15. The van der Waals surface area contributed by atoms with Crippen molar-refractivity contribution >= 4 is 16.3 Å². The lowest BCUT2D eigenvalue weighted by atomic mass is 10.1. The molecule has 4 aromatic rings. The molecule has 0 saturated heterocycles. The van der Waals surface area contributed by atoms with Crippen LogP contribution in [0.5, 0.6) is 0 Å². The second kappa shape index (κ2) is 4.82. The van der Waals surface area contributed by atoms with E-state index in [0.717, 1.165) is 27.6 Å². The first-order chi connectivity index (χ1) is 10.3. The van der Waals surface area contributed by atoms with E-state index in [2.05, 4.69) is 52.7 Å². The Balaban J connectivity index is 1.87. The fourth-order valence-electron chi connectivity index (χ4n) is 2.40. The van der Waals surface area contributed by atoms with Crippen LogP contribution in [-0.2, 0) is 0 Å². The van der Waals surface area contributed by atoms with Gasteiger partial charge in [-0.05, 0) is 13.0 Å². The lowest BCUT2D eigenvalue weighted by Gasteiger charge is -1.98. The van der Waals surface area contributed by atoms with Gasteiger partial charge in [0.2, 0.25) is 4.96 Å². The fourth-order valence-corrected chi connectivity index (χ4v) is 3.23. The lowest BCUT2D eigenvalue weighted by molar-refractivity contribution is 0.989. The third-order valence-electron chi connectivity index (χ3n) is 3.43. The van der Waals surface area contributed by atoms with Crippen molar-refractivity contribution in [2.45, 2.75) is 6.92 Å². The Hall–Kier alpha value is -2.46. The SMILES string of the molecule is Cc1cccc(-c2nc3scc(-c4ccccc4)n3n2)c1. The standard InChI is InChI=1S/C17H13N3S/c1-12-6-5-9-14(10-12)16-18-17-20(19-16)15(11-21-17)13-7-3-2-4-8-13/h2-11H,1H3. The Bertz CT molecular complexity index is 906. The molecule has 0 amide bonds. The number of hydrogen-bond donors (Lipinski definition) is 0. The highest BCUT2D eigenvalue weighted by Crippen LogP contribution is 2.27. The van der Waals surface area contributed by atoms with E-state index in [1.165, 1.54) is 5.56 Å². The summed E-state index contributed by atoms with van der Waals surface area (Å²) in [5.74, 6) is 0.780. The maximum atomic E-state index is 4.68. The molecule has 21 heavy (non-hydrogen) atoms. The van der Waals surface area contributed by atoms with E-state index in [1.54, 1.807) is 11.3 Å². The predicted molar refractivity (Wildman–Crippen MR) is 86.5 cm³/mol. The van der Waals surface area contributed by atoms with Gasteiger partial charge in [0.1, 0.15) is 0 Å². The molecular formula is C17H13N3S. The van der Waals surface area contributed by atoms with Crippen LogP contribution in [0.4, 0.5) is 0 Å². The summed E-state index contributed by atoms with van der Waals surface area (Å²) >= 11 is 1.62. The Morgan fingerprint density at radius 1 is 0.952 bits per heavy atom. The van der Waals surface area contributed by atoms with Crippen molar-refractivity contribution in [2.75, 3.05) is 0 Å². The summed E-state index contributed by atoms with van der Waals surface area (Å²) in [6.07, 6.45) is 0. The van der Waals surface area contributed by atoms with Crippen molar-refractivity contribution < 1.29 is 0 Å². The van der Waals surface area contributed by atoms with Gasteiger partial charge < -0.3 is 0 Å². The molecule has 0 unspecified atom stereocenters. The zero-order chi connectivity index (χ0) is 14.2. The molecule has 0 saturated carbocycles. The van der Waals surface area contributed by atoms with E-state index in [4.69, 9.17) is 0 Å². The van der Waals surface area contributed by atoms with E-state index in [1.807, 2.05) is 28.8 Å². The van der Waals surface area contributed by atoms with Gasteiger partial charge in [0.25, 0.3) is 0 Å². The summed E-state index contributed by atoms with van der Waals surface area (Å²) in [7, 11) is 0. The molecule has 102 valence electrons. The van der Waals surface area contributed by atoms with Crippen LogP contribution >= 0.6 is 11.3 Å². The second-order valence-electron chi connectivity index (χ2n) is 4.99. The summed E-state index contributed by atoms with van der Waals surface area (Å²) in [6, 6.07) is 18.6. The topological polar surface area (TPSA) is 30.2 Å². The number of benzene rings is 2. The van der Waals surface area contributed by atoms with Crippen LogP contribution in [0.2, 0.25) is 0 Å². The van der Waals surface area contributed by atoms with E-state index >= 15 is 0 Å². The molecule has 0 atom stereocenters. The van der Waals surface area contributed by atoms with Gasteiger partial charge in [-0.15, -0.1) is 16.4 Å². The van der Waals surface area contributed by atoms with E-state index in [9.17, 15) is 0 Å². The molecular weight excluding hydrogens is 278 g/mol. The van der Waals surface area contributed by atoms with Crippen molar-refractivity contribution in [2.24, 2.45) is 0 Å². The third-order valence-corrected chi connectivity index (χ3v) is 4.24. The number of aromatic nitrogens is 3. The van der Waals surface area contributed by atoms with Gasteiger partial charge in [0.05, 0.1) is 5.69 Å². The molecule has 2 heterocycles. The lowest BCUT2D eigenvalue weighted by Crippen LogP contribution is -1.89. The van der Waals surface area contributed by atoms with Crippen molar-refractivity contribution in [1.82, 2.24) is 14.6 Å². The van der Waals surface area contributed by atoms with Crippen LogP contribution in [0.15, 0.2) is 60.0 Å². The number of nitrogens with zero attached hydrogens (tertiary/aromatic N) is 3. The molecule has 0 aliphatic heterocycles. The van der Waals surface area contributed by atoms with Crippen molar-refractivity contribution in [3.8, 4) is 22.6 Å². The molecule has 0 spiro atoms. The minimum atomic E-state index is 0.780. The van der Waals surface area contributed by atoms with Crippen LogP contribution in [0.1, 0.15) is 5.56 Å². The molecule has 0 radical (unpaired) electrons. The van der Waals surface area contributed by atoms with Crippen molar-refractivity contribution in [3.63, 3.8) is 0 Å². The highest BCUT2D eigenvalue weighted by Gasteiger charge is 2.12. The summed E-state index contributed by atoms with van der Waals surface area (Å²) < 4.78 is 1.93. The van der Waals surface area contributed by atoms with Crippen molar-refractivity contribution in [3.05, 3.63) is 65.5 Å². The first kappa shape index (κ1) is 12.3. The maximum absolute atomic E-state index is 4.68. The van der Waals surface area contributed by atoms with Crippen LogP contribution in [-0.4, -0.2) is 14.6 Å². The molecule has 0 bridgehead atoms. The van der Waals surface area contributed by atoms with Gasteiger partial charge in [-0.3, -0.25) is 0 Å². The number of rotatable bonds is 2. The predicted octanol–water partition coefficient (Wildman–Crippen LogP) is 4.43. The zero-order valence-electron chi connectivity index (χ0n) is 11.5. The van der Waals surface area contributed by atoms with E-state index in [-0.39, 0.29) is 0 Å². The van der Waals surface area contributed by atoms with Gasteiger partial charge in [0.15, 0.2) is 5.82 Å². The Morgan fingerprint density at radius 3 is 2.57 bits per heavy atom. The zero-order valence-corrected chi connectivity index (χ0v) is 12.3. The van der Waals surface area contributed by atoms with E-state index < -0.39 is 0 Å². The van der Waals surface area contributed by atoms with Gasteiger partial charge in [-0.1, -0.05) is 54.1 Å². The number of thiazole rings is 1. The van der Waals surface area contributed by atoms with Gasteiger partial charge in [0, 0.05) is 16.5 Å². The highest BCUT2D eigenvalue weighted by atomic mass is 32.1. The van der Waals surface area contributed by atoms with Gasteiger partial charge >= 0.3 is 0 Å². The summed E-state index contributed by atoms with van der Waals surface area (Å²) in [5, 5.41) is 6.78. The normalized spacial score (nSPS) is 11.1. The van der Waals surface area contributed by atoms with Gasteiger partial charge in [-0.2, -0.15) is 4.98 Å². The Morgan fingerprint density at radius 2 is 1.76 bits per heavy atom. The minimum absolute atomic E-state index is 0.780. The molecule has 0 aliphatic carbocycles. The van der Waals surface area contributed by atoms with Crippen LogP contribution in [0.3, 0.4) is 0 Å². The largest absolute Gasteiger partial charge is 0.213 e. The average Bonchev–Trinajstić information content (AvgIpc) is 3.08. The van der Waals surface area contributed by atoms with Crippen LogP contribution in [0, 0.1) is 6.92 Å². The smallest absolute Gasteiger partial charge is 0.203 e. The molecule has 0 fully saturated rings. The van der Waals surface area contributed by atoms with E-state index in [0.29, 0.717) is 0 Å². The minimum Gasteiger partial charge on any atom is -0.203 e. The van der Waals surface area contributed by atoms with Gasteiger partial charge in [-0.25, -0.2) is 4.52 Å². The number of fused-ring (bicyclic) bond motifs is 1. The van der Waals surface area contributed by atoms with Crippen LogP contribution in [0.25, 0.3) is 27.6 Å². The molecule has 0 aliphatic rings. The Labute approximate surface area is 126 Å². The third kappa shape index (κ3) is 2.14. The Kier molecular flexibility index (Phi) is 2.82. The monoisotopic (exact) mass is 291 g/mol. The molecule has 2 aromatic heterocycles. The number of hydrogen-bond acceptors (Lipinski definition) is 3. The summed E-state index contributed by atoms with van der Waals surface area (Å²) in [6.45, 7) is 2.08. The average molecular weight is 291 g/mol. The van der Waals surface area contributed by atoms with Crippen LogP contribution < -0.4 is 0 Å². The first-order valence-corrected chi connectivity index (χ1v) is 7.66. The molecule has 4 heteroatoms. The second-order valence-corrected chi connectivity index (χ2v) is 5.82. The fraction of sp³-hybridized carbons (Fsp3) is 0.0588. The quantitative estimate of drug-likeness (QED) is 0.547. The molecule has 3 nitrogen and oxygen atoms in total. The maximum Gasteiger partial charge on any atom is 0.213 e. The molecule has 4 rings (SSSR count).